The van der Waals surface area contributed by atoms with E-state index in [0.717, 1.165) is 37.7 Å². The molecule has 0 saturated heterocycles. The molecule has 0 heterocycles. The molecule has 0 radical (unpaired) electrons. The number of fused-ring (bicyclic) bond motifs is 3. The van der Waals surface area contributed by atoms with Crippen molar-refractivity contribution in [1.82, 2.24) is 0 Å². The van der Waals surface area contributed by atoms with Gasteiger partial charge in [-0.05, 0) is 99.4 Å². The third-order valence-electron chi connectivity index (χ3n) is 10.8. The largest absolute Gasteiger partial charge is 0.478 e. The number of allylic oxidation sites excluding steroid dienone is 4. The SMILES string of the molecule is C=C(C)[C@@H]1CC[C@@H]2C(=CC(=O)[C@]3(C)[C@@H]([C@H](C)CCC=C(C)C(=O)O)CC[C@@]23C)[C@@]1(C)CCC(=O)OC. The van der Waals surface area contributed by atoms with E-state index in [2.05, 4.69) is 41.2 Å². The average molecular weight is 499 g/mol. The summed E-state index contributed by atoms with van der Waals surface area (Å²) in [6.07, 6.45) is 10.5. The minimum Gasteiger partial charge on any atom is -0.478 e. The van der Waals surface area contributed by atoms with Crippen molar-refractivity contribution in [1.29, 1.82) is 0 Å². The normalized spacial score (nSPS) is 37.0. The monoisotopic (exact) mass is 498 g/mol. The smallest absolute Gasteiger partial charge is 0.330 e. The number of carbonyl (C=O) groups excluding carboxylic acids is 2. The van der Waals surface area contributed by atoms with E-state index in [4.69, 9.17) is 9.84 Å². The highest BCUT2D eigenvalue weighted by atomic mass is 16.5. The van der Waals surface area contributed by atoms with Gasteiger partial charge in [-0.3, -0.25) is 9.59 Å². The number of hydrogen-bond donors (Lipinski definition) is 1. The predicted octanol–water partition coefficient (Wildman–Crippen LogP) is 6.93. The Morgan fingerprint density at radius 1 is 1.22 bits per heavy atom. The van der Waals surface area contributed by atoms with Gasteiger partial charge >= 0.3 is 11.9 Å². The van der Waals surface area contributed by atoms with Crippen molar-refractivity contribution in [3.8, 4) is 0 Å². The third-order valence-corrected chi connectivity index (χ3v) is 10.8. The Kier molecular flexibility index (Phi) is 8.13. The molecule has 3 aliphatic carbocycles. The number of ether oxygens (including phenoxy) is 1. The fourth-order valence-corrected chi connectivity index (χ4v) is 8.33. The van der Waals surface area contributed by atoms with Gasteiger partial charge in [0.1, 0.15) is 0 Å². The molecule has 200 valence electrons. The molecule has 0 aromatic heterocycles. The highest BCUT2D eigenvalue weighted by molar-refractivity contribution is 5.98. The molecule has 5 heteroatoms. The molecule has 0 aromatic rings. The first-order chi connectivity index (χ1) is 16.7. The summed E-state index contributed by atoms with van der Waals surface area (Å²) in [6.45, 7) is 17.0. The summed E-state index contributed by atoms with van der Waals surface area (Å²) >= 11 is 0. The van der Waals surface area contributed by atoms with Crippen molar-refractivity contribution >= 4 is 17.7 Å². The van der Waals surface area contributed by atoms with Gasteiger partial charge < -0.3 is 9.84 Å². The van der Waals surface area contributed by atoms with Crippen LogP contribution in [-0.2, 0) is 19.1 Å². The van der Waals surface area contributed by atoms with Crippen LogP contribution in [0.25, 0.3) is 0 Å². The summed E-state index contributed by atoms with van der Waals surface area (Å²) in [5, 5.41) is 9.16. The molecular formula is C31H46O5. The van der Waals surface area contributed by atoms with Gasteiger partial charge in [0.15, 0.2) is 5.78 Å². The maximum absolute atomic E-state index is 14.1. The standard InChI is InChI=1S/C31H46O5/c1-19(2)22-12-13-24-25(29(22,5)16-15-27(33)36-8)18-26(32)31(7)23(14-17-30(24,31)6)20(3)10-9-11-21(4)28(34)35/h11,18,20,22-24H,1,9-10,12-17H2,2-8H3,(H,34,35)/t20-,22+,23-,24-,29+,30+,31+/m1/s1. The molecule has 0 aromatic carbocycles. The number of aliphatic carboxylic acids is 1. The number of rotatable bonds is 9. The Labute approximate surface area is 217 Å². The molecule has 2 fully saturated rings. The number of esters is 1. The molecular weight excluding hydrogens is 452 g/mol. The molecule has 0 unspecified atom stereocenters. The van der Waals surface area contributed by atoms with E-state index >= 15 is 0 Å². The van der Waals surface area contributed by atoms with E-state index in [1.807, 2.05) is 12.2 Å². The first-order valence-corrected chi connectivity index (χ1v) is 13.6. The van der Waals surface area contributed by atoms with E-state index in [1.54, 1.807) is 6.92 Å². The number of hydrogen-bond acceptors (Lipinski definition) is 4. The van der Waals surface area contributed by atoms with Crippen LogP contribution >= 0.6 is 0 Å². The molecule has 3 aliphatic rings. The van der Waals surface area contributed by atoms with Crippen molar-refractivity contribution in [2.24, 2.45) is 39.9 Å². The molecule has 0 bridgehead atoms. The zero-order chi connectivity index (χ0) is 27.1. The number of methoxy groups -OCH3 is 1. The Hall–Kier alpha value is -2.17. The highest BCUT2D eigenvalue weighted by Crippen LogP contribution is 2.70. The minimum absolute atomic E-state index is 0.132. The molecule has 3 rings (SSSR count). The van der Waals surface area contributed by atoms with Crippen LogP contribution in [0.5, 0.6) is 0 Å². The van der Waals surface area contributed by atoms with Crippen molar-refractivity contribution < 1.29 is 24.2 Å². The van der Waals surface area contributed by atoms with Crippen LogP contribution in [0.15, 0.2) is 35.5 Å². The van der Waals surface area contributed by atoms with Gasteiger partial charge in [0.2, 0.25) is 0 Å². The number of carboxylic acids is 1. The van der Waals surface area contributed by atoms with Crippen LogP contribution in [0.3, 0.4) is 0 Å². The lowest BCUT2D eigenvalue weighted by molar-refractivity contribution is -0.142. The van der Waals surface area contributed by atoms with Crippen molar-refractivity contribution in [3.05, 3.63) is 35.5 Å². The van der Waals surface area contributed by atoms with Gasteiger partial charge in [-0.15, -0.1) is 0 Å². The minimum atomic E-state index is -0.871. The van der Waals surface area contributed by atoms with Crippen molar-refractivity contribution in [3.63, 3.8) is 0 Å². The second-order valence-electron chi connectivity index (χ2n) is 12.5. The van der Waals surface area contributed by atoms with Gasteiger partial charge in [0.05, 0.1) is 7.11 Å². The molecule has 2 saturated carbocycles. The summed E-state index contributed by atoms with van der Waals surface area (Å²) in [7, 11) is 1.43. The van der Waals surface area contributed by atoms with Gasteiger partial charge in [0, 0.05) is 17.4 Å². The van der Waals surface area contributed by atoms with E-state index in [9.17, 15) is 14.4 Å². The molecule has 36 heavy (non-hydrogen) atoms. The number of carboxylic acid groups (broad SMARTS) is 1. The predicted molar refractivity (Wildman–Crippen MR) is 142 cm³/mol. The maximum Gasteiger partial charge on any atom is 0.330 e. The van der Waals surface area contributed by atoms with Gasteiger partial charge in [-0.25, -0.2) is 4.79 Å². The van der Waals surface area contributed by atoms with Gasteiger partial charge in [0.25, 0.3) is 0 Å². The highest BCUT2D eigenvalue weighted by Gasteiger charge is 2.66. The average Bonchev–Trinajstić information content (AvgIpc) is 3.11. The van der Waals surface area contributed by atoms with E-state index in [0.29, 0.717) is 36.7 Å². The first kappa shape index (κ1) is 28.4. The summed E-state index contributed by atoms with van der Waals surface area (Å²) in [4.78, 5) is 37.4. The van der Waals surface area contributed by atoms with Crippen LogP contribution in [0, 0.1) is 39.9 Å². The Morgan fingerprint density at radius 3 is 2.47 bits per heavy atom. The Balaban J connectivity index is 1.96. The quantitative estimate of drug-likeness (QED) is 0.212. The fraction of sp³-hybridized carbons (Fsp3) is 0.710. The summed E-state index contributed by atoms with van der Waals surface area (Å²) < 4.78 is 4.96. The number of carbonyl (C=O) groups is 3. The van der Waals surface area contributed by atoms with Crippen LogP contribution in [-0.4, -0.2) is 29.9 Å². The number of ketones is 1. The second-order valence-corrected chi connectivity index (χ2v) is 12.5. The summed E-state index contributed by atoms with van der Waals surface area (Å²) in [5.74, 6) is 0.297. The lowest BCUT2D eigenvalue weighted by Crippen LogP contribution is -2.56. The zero-order valence-electron chi connectivity index (χ0n) is 23.4. The van der Waals surface area contributed by atoms with Crippen LogP contribution in [0.2, 0.25) is 0 Å². The van der Waals surface area contributed by atoms with E-state index < -0.39 is 11.4 Å². The lowest BCUT2D eigenvalue weighted by Gasteiger charge is -2.59. The third kappa shape index (κ3) is 4.52. The molecule has 0 amide bonds. The van der Waals surface area contributed by atoms with Crippen molar-refractivity contribution in [2.45, 2.75) is 92.9 Å². The van der Waals surface area contributed by atoms with Gasteiger partial charge in [-0.2, -0.15) is 0 Å². The summed E-state index contributed by atoms with van der Waals surface area (Å²) in [6, 6.07) is 0. The molecule has 0 aliphatic heterocycles. The summed E-state index contributed by atoms with van der Waals surface area (Å²) in [5.41, 5.74) is 1.87. The molecule has 5 nitrogen and oxygen atoms in total. The van der Waals surface area contributed by atoms with Crippen LogP contribution in [0.1, 0.15) is 92.9 Å². The lowest BCUT2D eigenvalue weighted by atomic mass is 9.44. The molecule has 1 N–H and O–H groups in total. The van der Waals surface area contributed by atoms with Crippen LogP contribution in [0.4, 0.5) is 0 Å². The topological polar surface area (TPSA) is 80.7 Å². The van der Waals surface area contributed by atoms with Crippen molar-refractivity contribution in [2.75, 3.05) is 7.11 Å². The second kappa shape index (κ2) is 10.3. The van der Waals surface area contributed by atoms with Crippen LogP contribution < -0.4 is 0 Å². The Morgan fingerprint density at radius 2 is 1.89 bits per heavy atom. The zero-order valence-corrected chi connectivity index (χ0v) is 23.4. The van der Waals surface area contributed by atoms with E-state index in [1.165, 1.54) is 12.7 Å². The fourth-order valence-electron chi connectivity index (χ4n) is 8.33. The van der Waals surface area contributed by atoms with E-state index in [-0.39, 0.29) is 34.4 Å². The first-order valence-electron chi connectivity index (χ1n) is 13.6. The Bertz CT molecular complexity index is 989. The maximum atomic E-state index is 14.1. The van der Waals surface area contributed by atoms with Gasteiger partial charge in [-0.1, -0.05) is 51.5 Å². The molecule has 7 atom stereocenters. The molecule has 0 spiro atoms.